The molecule has 1 N–H and O–H groups in total. The molecule has 80 valence electrons. The molecule has 0 aromatic heterocycles. The Bertz CT molecular complexity index is 219. The maximum absolute atomic E-state index is 9.35. The fraction of sp³-hybridized carbons (Fsp3) is 0.917. The SMILES string of the molecule is CCC(C)NC1(C#N)CCCC1CC. The van der Waals surface area contributed by atoms with E-state index in [2.05, 4.69) is 32.2 Å². The van der Waals surface area contributed by atoms with Gasteiger partial charge in [0.1, 0.15) is 5.54 Å². The fourth-order valence-electron chi connectivity index (χ4n) is 2.54. The molecule has 2 heteroatoms. The minimum Gasteiger partial charge on any atom is -0.297 e. The van der Waals surface area contributed by atoms with Gasteiger partial charge in [0.15, 0.2) is 0 Å². The summed E-state index contributed by atoms with van der Waals surface area (Å²) in [4.78, 5) is 0. The van der Waals surface area contributed by atoms with Gasteiger partial charge in [-0.05, 0) is 32.1 Å². The minimum absolute atomic E-state index is 0.218. The van der Waals surface area contributed by atoms with Crippen LogP contribution in [0, 0.1) is 17.2 Å². The molecule has 14 heavy (non-hydrogen) atoms. The van der Waals surface area contributed by atoms with Crippen LogP contribution in [0.1, 0.15) is 52.9 Å². The van der Waals surface area contributed by atoms with Crippen molar-refractivity contribution in [1.29, 1.82) is 5.26 Å². The summed E-state index contributed by atoms with van der Waals surface area (Å²) in [6, 6.07) is 2.99. The molecule has 0 saturated heterocycles. The van der Waals surface area contributed by atoms with E-state index >= 15 is 0 Å². The van der Waals surface area contributed by atoms with Crippen molar-refractivity contribution in [2.45, 2.75) is 64.5 Å². The van der Waals surface area contributed by atoms with E-state index in [1.807, 2.05) is 0 Å². The topological polar surface area (TPSA) is 35.8 Å². The van der Waals surface area contributed by atoms with E-state index in [0.29, 0.717) is 12.0 Å². The molecule has 3 unspecified atom stereocenters. The lowest BCUT2D eigenvalue weighted by Crippen LogP contribution is -2.50. The highest BCUT2D eigenvalue weighted by Gasteiger charge is 2.42. The van der Waals surface area contributed by atoms with Gasteiger partial charge in [0.2, 0.25) is 0 Å². The summed E-state index contributed by atoms with van der Waals surface area (Å²) < 4.78 is 0. The van der Waals surface area contributed by atoms with Crippen molar-refractivity contribution in [2.75, 3.05) is 0 Å². The summed E-state index contributed by atoms with van der Waals surface area (Å²) in [6.07, 6.45) is 5.67. The highest BCUT2D eigenvalue weighted by Crippen LogP contribution is 2.37. The van der Waals surface area contributed by atoms with Crippen LogP contribution >= 0.6 is 0 Å². The Balaban J connectivity index is 2.70. The van der Waals surface area contributed by atoms with Crippen LogP contribution in [0.5, 0.6) is 0 Å². The molecule has 1 rings (SSSR count). The second-order valence-corrected chi connectivity index (χ2v) is 4.53. The molecule has 0 spiro atoms. The van der Waals surface area contributed by atoms with Gasteiger partial charge in [0, 0.05) is 6.04 Å². The quantitative estimate of drug-likeness (QED) is 0.747. The van der Waals surface area contributed by atoms with Gasteiger partial charge in [-0.25, -0.2) is 0 Å². The average molecular weight is 194 g/mol. The number of hydrogen-bond donors (Lipinski definition) is 1. The molecule has 0 heterocycles. The van der Waals surface area contributed by atoms with E-state index in [0.717, 1.165) is 19.3 Å². The van der Waals surface area contributed by atoms with Crippen LogP contribution in [0.3, 0.4) is 0 Å². The van der Waals surface area contributed by atoms with Gasteiger partial charge in [0.05, 0.1) is 6.07 Å². The summed E-state index contributed by atoms with van der Waals surface area (Å²) in [6.45, 7) is 6.53. The lowest BCUT2D eigenvalue weighted by molar-refractivity contribution is 0.278. The molecule has 1 aliphatic rings. The van der Waals surface area contributed by atoms with E-state index in [4.69, 9.17) is 0 Å². The first kappa shape index (κ1) is 11.5. The second-order valence-electron chi connectivity index (χ2n) is 4.53. The van der Waals surface area contributed by atoms with Crippen LogP contribution in [0.4, 0.5) is 0 Å². The third-order valence-corrected chi connectivity index (χ3v) is 3.63. The Kier molecular flexibility index (Phi) is 3.95. The maximum Gasteiger partial charge on any atom is 0.109 e. The van der Waals surface area contributed by atoms with E-state index in [9.17, 15) is 5.26 Å². The van der Waals surface area contributed by atoms with Crippen LogP contribution in [-0.4, -0.2) is 11.6 Å². The van der Waals surface area contributed by atoms with Crippen LogP contribution in [0.15, 0.2) is 0 Å². The van der Waals surface area contributed by atoms with Gasteiger partial charge in [-0.2, -0.15) is 5.26 Å². The summed E-state index contributed by atoms with van der Waals surface area (Å²) in [5.41, 5.74) is -0.218. The van der Waals surface area contributed by atoms with Crippen LogP contribution < -0.4 is 5.32 Å². The molecule has 1 fully saturated rings. The van der Waals surface area contributed by atoms with Crippen LogP contribution in [0.2, 0.25) is 0 Å². The zero-order chi connectivity index (χ0) is 10.6. The van der Waals surface area contributed by atoms with Crippen LogP contribution in [-0.2, 0) is 0 Å². The van der Waals surface area contributed by atoms with Crippen LogP contribution in [0.25, 0.3) is 0 Å². The number of nitrogens with one attached hydrogen (secondary N) is 1. The van der Waals surface area contributed by atoms with Crippen molar-refractivity contribution < 1.29 is 0 Å². The third kappa shape index (κ3) is 2.09. The summed E-state index contributed by atoms with van der Waals surface area (Å²) in [7, 11) is 0. The normalized spacial score (nSPS) is 34.0. The Hall–Kier alpha value is -0.550. The molecule has 0 aliphatic heterocycles. The maximum atomic E-state index is 9.35. The molecule has 3 atom stereocenters. The standard InChI is InChI=1S/C12H22N2/c1-4-10(3)14-12(9-13)8-6-7-11(12)5-2/h10-11,14H,4-8H2,1-3H3. The number of rotatable bonds is 4. The smallest absolute Gasteiger partial charge is 0.109 e. The predicted molar refractivity (Wildman–Crippen MR) is 58.9 cm³/mol. The minimum atomic E-state index is -0.218. The number of hydrogen-bond acceptors (Lipinski definition) is 2. The lowest BCUT2D eigenvalue weighted by atomic mass is 9.85. The first-order chi connectivity index (χ1) is 6.68. The van der Waals surface area contributed by atoms with Gasteiger partial charge < -0.3 is 0 Å². The Morgan fingerprint density at radius 3 is 2.79 bits per heavy atom. The molecule has 1 saturated carbocycles. The van der Waals surface area contributed by atoms with Gasteiger partial charge >= 0.3 is 0 Å². The third-order valence-electron chi connectivity index (χ3n) is 3.63. The van der Waals surface area contributed by atoms with Gasteiger partial charge in [-0.15, -0.1) is 0 Å². The fourth-order valence-corrected chi connectivity index (χ4v) is 2.54. The van der Waals surface area contributed by atoms with E-state index < -0.39 is 0 Å². The number of nitrogens with zero attached hydrogens (tertiary/aromatic N) is 1. The Morgan fingerprint density at radius 2 is 2.29 bits per heavy atom. The monoisotopic (exact) mass is 194 g/mol. The second kappa shape index (κ2) is 4.79. The summed E-state index contributed by atoms with van der Waals surface area (Å²) in [5, 5.41) is 12.9. The predicted octanol–water partition coefficient (Wildman–Crippen LogP) is 2.85. The molecular weight excluding hydrogens is 172 g/mol. The summed E-state index contributed by atoms with van der Waals surface area (Å²) in [5.74, 6) is 0.557. The van der Waals surface area contributed by atoms with Crippen molar-refractivity contribution in [2.24, 2.45) is 5.92 Å². The van der Waals surface area contributed by atoms with E-state index in [1.165, 1.54) is 12.8 Å². The van der Waals surface area contributed by atoms with Gasteiger partial charge in [0.25, 0.3) is 0 Å². The molecule has 1 aliphatic carbocycles. The highest BCUT2D eigenvalue weighted by molar-refractivity contribution is 5.14. The van der Waals surface area contributed by atoms with E-state index in [-0.39, 0.29) is 5.54 Å². The zero-order valence-corrected chi connectivity index (χ0v) is 9.64. The van der Waals surface area contributed by atoms with Gasteiger partial charge in [-0.1, -0.05) is 26.7 Å². The zero-order valence-electron chi connectivity index (χ0n) is 9.64. The molecule has 0 aromatic rings. The molecule has 0 amide bonds. The molecular formula is C12H22N2. The summed E-state index contributed by atoms with van der Waals surface area (Å²) >= 11 is 0. The molecule has 0 radical (unpaired) electrons. The Morgan fingerprint density at radius 1 is 1.57 bits per heavy atom. The highest BCUT2D eigenvalue weighted by atomic mass is 15.0. The van der Waals surface area contributed by atoms with Gasteiger partial charge in [-0.3, -0.25) is 5.32 Å². The van der Waals surface area contributed by atoms with Crippen molar-refractivity contribution in [1.82, 2.24) is 5.32 Å². The first-order valence-electron chi connectivity index (χ1n) is 5.87. The molecule has 0 aromatic carbocycles. The van der Waals surface area contributed by atoms with Crippen molar-refractivity contribution in [3.63, 3.8) is 0 Å². The molecule has 0 bridgehead atoms. The Labute approximate surface area is 87.7 Å². The van der Waals surface area contributed by atoms with E-state index in [1.54, 1.807) is 0 Å². The number of nitriles is 1. The largest absolute Gasteiger partial charge is 0.297 e. The first-order valence-corrected chi connectivity index (χ1v) is 5.87. The lowest BCUT2D eigenvalue weighted by Gasteiger charge is -2.32. The van der Waals surface area contributed by atoms with Crippen molar-refractivity contribution >= 4 is 0 Å². The molecule has 2 nitrogen and oxygen atoms in total. The van der Waals surface area contributed by atoms with Crippen molar-refractivity contribution in [3.8, 4) is 6.07 Å². The average Bonchev–Trinajstić information content (AvgIpc) is 2.61. The van der Waals surface area contributed by atoms with Crippen molar-refractivity contribution in [3.05, 3.63) is 0 Å².